The summed E-state index contributed by atoms with van der Waals surface area (Å²) in [6, 6.07) is 6.10. The van der Waals surface area contributed by atoms with E-state index in [0.29, 0.717) is 6.54 Å². The summed E-state index contributed by atoms with van der Waals surface area (Å²) in [6.45, 7) is 6.63. The van der Waals surface area contributed by atoms with Crippen LogP contribution in [0.1, 0.15) is 41.3 Å². The lowest BCUT2D eigenvalue weighted by molar-refractivity contribution is 0.0937. The van der Waals surface area contributed by atoms with Gasteiger partial charge in [0, 0.05) is 11.6 Å². The highest BCUT2D eigenvalue weighted by molar-refractivity contribution is 5.95. The summed E-state index contributed by atoms with van der Waals surface area (Å²) in [6.07, 6.45) is 1.86. The monoisotopic (exact) mass is 234 g/mol. The van der Waals surface area contributed by atoms with Crippen molar-refractivity contribution in [3.8, 4) is 0 Å². The highest BCUT2D eigenvalue weighted by atomic mass is 16.1. The number of nitrogens with two attached hydrogens (primary N) is 1. The maximum Gasteiger partial charge on any atom is 0.251 e. The normalized spacial score (nSPS) is 12.2. The average molecular weight is 234 g/mol. The minimum Gasteiger partial charge on any atom is -0.350 e. The third kappa shape index (κ3) is 4.19. The fraction of sp³-hybridized carbons (Fsp3) is 0.500. The molecule has 1 rings (SSSR count). The van der Waals surface area contributed by atoms with Gasteiger partial charge in [-0.05, 0) is 51.8 Å². The number of aryl methyl sites for hydroxylation is 2. The van der Waals surface area contributed by atoms with Crippen LogP contribution in [0.5, 0.6) is 0 Å². The van der Waals surface area contributed by atoms with E-state index >= 15 is 0 Å². The third-order valence-electron chi connectivity index (χ3n) is 2.86. The van der Waals surface area contributed by atoms with Gasteiger partial charge in [0.25, 0.3) is 5.91 Å². The number of benzene rings is 1. The Bertz CT molecular complexity index is 388. The predicted octanol–water partition coefficient (Wildman–Crippen LogP) is 2.16. The summed E-state index contributed by atoms with van der Waals surface area (Å²) >= 11 is 0. The molecule has 3 N–H and O–H groups in total. The molecule has 0 spiro atoms. The average Bonchev–Trinajstić information content (AvgIpc) is 2.29. The fourth-order valence-corrected chi connectivity index (χ4v) is 1.78. The van der Waals surface area contributed by atoms with Crippen molar-refractivity contribution in [3.05, 3.63) is 34.9 Å². The number of nitrogens with one attached hydrogen (secondary N) is 1. The van der Waals surface area contributed by atoms with E-state index in [0.717, 1.165) is 29.5 Å². The Labute approximate surface area is 103 Å². The van der Waals surface area contributed by atoms with Gasteiger partial charge < -0.3 is 11.1 Å². The van der Waals surface area contributed by atoms with Crippen LogP contribution >= 0.6 is 0 Å². The van der Waals surface area contributed by atoms with Gasteiger partial charge in [-0.1, -0.05) is 17.7 Å². The van der Waals surface area contributed by atoms with Crippen molar-refractivity contribution in [2.45, 2.75) is 39.7 Å². The fourth-order valence-electron chi connectivity index (χ4n) is 1.78. The molecule has 1 amide bonds. The van der Waals surface area contributed by atoms with E-state index in [-0.39, 0.29) is 11.9 Å². The van der Waals surface area contributed by atoms with E-state index in [9.17, 15) is 4.79 Å². The lowest BCUT2D eigenvalue weighted by Crippen LogP contribution is -2.33. The van der Waals surface area contributed by atoms with Crippen molar-refractivity contribution in [1.29, 1.82) is 0 Å². The molecule has 1 unspecified atom stereocenters. The van der Waals surface area contributed by atoms with Gasteiger partial charge in [-0.3, -0.25) is 4.79 Å². The Morgan fingerprint density at radius 1 is 1.41 bits per heavy atom. The molecule has 0 saturated heterocycles. The summed E-state index contributed by atoms with van der Waals surface area (Å²) in [5, 5.41) is 3.00. The molecule has 3 heteroatoms. The van der Waals surface area contributed by atoms with Crippen LogP contribution in [-0.4, -0.2) is 18.5 Å². The Kier molecular flexibility index (Phi) is 5.16. The van der Waals surface area contributed by atoms with Gasteiger partial charge in [-0.15, -0.1) is 0 Å². The standard InChI is InChI=1S/C14H22N2O/c1-10-6-7-11(2)13(9-10)14(17)16-12(3)5-4-8-15/h6-7,9,12H,4-5,8,15H2,1-3H3,(H,16,17). The highest BCUT2D eigenvalue weighted by Crippen LogP contribution is 2.11. The van der Waals surface area contributed by atoms with Crippen LogP contribution in [0.3, 0.4) is 0 Å². The number of carbonyl (C=O) groups excluding carboxylic acids is 1. The summed E-state index contributed by atoms with van der Waals surface area (Å²) in [5.41, 5.74) is 8.34. The van der Waals surface area contributed by atoms with Gasteiger partial charge in [0.2, 0.25) is 0 Å². The van der Waals surface area contributed by atoms with Crippen molar-refractivity contribution in [2.75, 3.05) is 6.54 Å². The number of rotatable bonds is 5. The number of carbonyl (C=O) groups is 1. The molecule has 0 aliphatic carbocycles. The van der Waals surface area contributed by atoms with Gasteiger partial charge in [0.1, 0.15) is 0 Å². The second kappa shape index (κ2) is 6.40. The van der Waals surface area contributed by atoms with E-state index in [1.165, 1.54) is 0 Å². The second-order valence-corrected chi connectivity index (χ2v) is 4.62. The zero-order valence-corrected chi connectivity index (χ0v) is 10.9. The Balaban J connectivity index is 2.66. The molecule has 0 bridgehead atoms. The largest absolute Gasteiger partial charge is 0.350 e. The molecule has 0 aliphatic rings. The lowest BCUT2D eigenvalue weighted by atomic mass is 10.0. The second-order valence-electron chi connectivity index (χ2n) is 4.62. The third-order valence-corrected chi connectivity index (χ3v) is 2.86. The van der Waals surface area contributed by atoms with Crippen molar-refractivity contribution in [1.82, 2.24) is 5.32 Å². The summed E-state index contributed by atoms with van der Waals surface area (Å²) in [4.78, 5) is 12.0. The lowest BCUT2D eigenvalue weighted by Gasteiger charge is -2.14. The Morgan fingerprint density at radius 3 is 2.76 bits per heavy atom. The molecule has 0 aliphatic heterocycles. The summed E-state index contributed by atoms with van der Waals surface area (Å²) in [7, 11) is 0. The molecule has 17 heavy (non-hydrogen) atoms. The molecule has 0 heterocycles. The first-order valence-corrected chi connectivity index (χ1v) is 6.12. The topological polar surface area (TPSA) is 55.1 Å². The van der Waals surface area contributed by atoms with E-state index < -0.39 is 0 Å². The van der Waals surface area contributed by atoms with Crippen molar-refractivity contribution in [3.63, 3.8) is 0 Å². The summed E-state index contributed by atoms with van der Waals surface area (Å²) in [5.74, 6) is 0.00993. The van der Waals surface area contributed by atoms with Crippen LogP contribution in [0.15, 0.2) is 18.2 Å². The minimum atomic E-state index is 0.00993. The first kappa shape index (κ1) is 13.7. The van der Waals surface area contributed by atoms with Crippen molar-refractivity contribution < 1.29 is 4.79 Å². The van der Waals surface area contributed by atoms with Crippen LogP contribution in [-0.2, 0) is 0 Å². The van der Waals surface area contributed by atoms with Gasteiger partial charge in [0.05, 0.1) is 0 Å². The maximum atomic E-state index is 12.0. The van der Waals surface area contributed by atoms with Gasteiger partial charge in [-0.25, -0.2) is 0 Å². The van der Waals surface area contributed by atoms with Crippen LogP contribution in [0.25, 0.3) is 0 Å². The number of amides is 1. The molecule has 0 saturated carbocycles. The van der Waals surface area contributed by atoms with Crippen LogP contribution in [0.2, 0.25) is 0 Å². The molecule has 0 radical (unpaired) electrons. The number of hydrogen-bond acceptors (Lipinski definition) is 2. The molecule has 1 atom stereocenters. The first-order valence-electron chi connectivity index (χ1n) is 6.12. The van der Waals surface area contributed by atoms with Gasteiger partial charge in [0.15, 0.2) is 0 Å². The van der Waals surface area contributed by atoms with Crippen molar-refractivity contribution >= 4 is 5.91 Å². The molecule has 0 aromatic heterocycles. The molecule has 1 aromatic carbocycles. The van der Waals surface area contributed by atoms with E-state index in [2.05, 4.69) is 5.32 Å². The smallest absolute Gasteiger partial charge is 0.251 e. The molecule has 0 fully saturated rings. The van der Waals surface area contributed by atoms with E-state index in [1.54, 1.807) is 0 Å². The zero-order valence-electron chi connectivity index (χ0n) is 10.9. The van der Waals surface area contributed by atoms with Crippen LogP contribution < -0.4 is 11.1 Å². The zero-order chi connectivity index (χ0) is 12.8. The van der Waals surface area contributed by atoms with Gasteiger partial charge >= 0.3 is 0 Å². The Hall–Kier alpha value is -1.35. The predicted molar refractivity (Wildman–Crippen MR) is 71.1 cm³/mol. The minimum absolute atomic E-state index is 0.00993. The molecule has 1 aromatic rings. The SMILES string of the molecule is Cc1ccc(C)c(C(=O)NC(C)CCCN)c1. The number of hydrogen-bond donors (Lipinski definition) is 2. The maximum absolute atomic E-state index is 12.0. The quantitative estimate of drug-likeness (QED) is 0.820. The molecular formula is C14H22N2O. The van der Waals surface area contributed by atoms with Crippen LogP contribution in [0.4, 0.5) is 0 Å². The van der Waals surface area contributed by atoms with E-state index in [4.69, 9.17) is 5.73 Å². The Morgan fingerprint density at radius 2 is 2.12 bits per heavy atom. The van der Waals surface area contributed by atoms with Gasteiger partial charge in [-0.2, -0.15) is 0 Å². The van der Waals surface area contributed by atoms with E-state index in [1.807, 2.05) is 39.0 Å². The van der Waals surface area contributed by atoms with Crippen LogP contribution in [0, 0.1) is 13.8 Å². The first-order chi connectivity index (χ1) is 8.04. The molecule has 3 nitrogen and oxygen atoms in total. The molecular weight excluding hydrogens is 212 g/mol. The van der Waals surface area contributed by atoms with Crippen molar-refractivity contribution in [2.24, 2.45) is 5.73 Å². The highest BCUT2D eigenvalue weighted by Gasteiger charge is 2.11. The molecule has 94 valence electrons. The summed E-state index contributed by atoms with van der Waals surface area (Å²) < 4.78 is 0.